The van der Waals surface area contributed by atoms with Crippen LogP contribution < -0.4 is 16.5 Å². The predicted molar refractivity (Wildman–Crippen MR) is 194 cm³/mol. The number of hydrazine groups is 1. The number of pyridine rings is 1. The smallest absolute Gasteiger partial charge is 0.310 e. The van der Waals surface area contributed by atoms with E-state index in [0.717, 1.165) is 101 Å². The van der Waals surface area contributed by atoms with Crippen LogP contribution in [0.3, 0.4) is 0 Å². The maximum atomic E-state index is 13.5. The molecule has 0 amide bonds. The van der Waals surface area contributed by atoms with Crippen LogP contribution >= 0.6 is 0 Å². The summed E-state index contributed by atoms with van der Waals surface area (Å²) >= 11 is 0. The number of aromatic nitrogens is 3. The van der Waals surface area contributed by atoms with E-state index in [1.54, 1.807) is 0 Å². The quantitative estimate of drug-likeness (QED) is 0.262. The van der Waals surface area contributed by atoms with Gasteiger partial charge in [0.05, 0.1) is 11.1 Å². The van der Waals surface area contributed by atoms with Crippen molar-refractivity contribution in [2.24, 2.45) is 50.7 Å². The van der Waals surface area contributed by atoms with Crippen molar-refractivity contribution in [1.82, 2.24) is 20.2 Å². The minimum atomic E-state index is -0.706. The molecule has 1 saturated heterocycles. The third-order valence-corrected chi connectivity index (χ3v) is 16.1. The average molecular weight is 670 g/mol. The molecule has 49 heavy (non-hydrogen) atoms. The molecule has 3 saturated carbocycles. The lowest BCUT2D eigenvalue weighted by molar-refractivity contribution is -0.175. The number of carbonyl (C=O) groups is 1. The van der Waals surface area contributed by atoms with Gasteiger partial charge in [-0.1, -0.05) is 54.0 Å². The number of nitrogens with one attached hydrogen (secondary N) is 1. The summed E-state index contributed by atoms with van der Waals surface area (Å²) in [6, 6.07) is 4.50. The summed E-state index contributed by atoms with van der Waals surface area (Å²) in [6.45, 7) is 20.6. The summed E-state index contributed by atoms with van der Waals surface area (Å²) in [7, 11) is 0. The standard InChI is InChI=1S/C40H59N7O2/c1-35(2)12-14-40(34(48)49)15-13-39(7)31(27(40)22-35)25(24-8-9-30(43-23-24)46-16-18-47(42)19-17-46)20-29-37(5)21-26-32(44-45-33(26)41)36(3,4)28(37)10-11-38(29,39)6/h8-9,23,27-29H,10-22,42H2,1-7H3,(H,48,49)(H3,41,44,45)/t27?,28?,29?,37-,38+,39+,40-/m0/s1. The lowest BCUT2D eigenvalue weighted by Crippen LogP contribution is -2.65. The fourth-order valence-corrected chi connectivity index (χ4v) is 13.2. The molecule has 2 aromatic rings. The van der Waals surface area contributed by atoms with E-state index in [9.17, 15) is 9.90 Å². The Labute approximate surface area is 292 Å². The fourth-order valence-electron chi connectivity index (χ4n) is 13.2. The Morgan fingerprint density at radius 2 is 1.67 bits per heavy atom. The Morgan fingerprint density at radius 1 is 0.959 bits per heavy atom. The number of rotatable bonds is 3. The van der Waals surface area contributed by atoms with E-state index in [0.29, 0.717) is 11.8 Å². The second kappa shape index (κ2) is 10.6. The van der Waals surface area contributed by atoms with E-state index in [1.165, 1.54) is 22.3 Å². The molecule has 9 heteroatoms. The molecule has 0 bridgehead atoms. The molecule has 2 aromatic heterocycles. The number of allylic oxidation sites excluding steroid dienone is 2. The molecule has 6 N–H and O–H groups in total. The van der Waals surface area contributed by atoms with Gasteiger partial charge in [-0.15, -0.1) is 0 Å². The van der Waals surface area contributed by atoms with Gasteiger partial charge in [0.15, 0.2) is 0 Å². The van der Waals surface area contributed by atoms with Crippen LogP contribution in [0.2, 0.25) is 0 Å². The maximum Gasteiger partial charge on any atom is 0.310 e. The SMILES string of the molecule is CC1(C)CC[C@]2(C(=O)O)CC[C@]3(C)C(=C(c4ccc(N5CCN(N)CC5)nc4)CC4[C@@]5(C)Cc6c(n[nH]c6N)C(C)(C)C5CC[C@]43C)C2C1. The van der Waals surface area contributed by atoms with E-state index < -0.39 is 11.4 Å². The first-order chi connectivity index (χ1) is 23.0. The van der Waals surface area contributed by atoms with Crippen molar-refractivity contribution in [3.63, 3.8) is 0 Å². The number of nitrogen functional groups attached to an aromatic ring is 1. The van der Waals surface area contributed by atoms with Crippen molar-refractivity contribution in [1.29, 1.82) is 0 Å². The highest BCUT2D eigenvalue weighted by Gasteiger charge is 2.70. The molecule has 7 atom stereocenters. The van der Waals surface area contributed by atoms with Crippen LogP contribution in [0.5, 0.6) is 0 Å². The van der Waals surface area contributed by atoms with Crippen LogP contribution in [-0.4, -0.2) is 57.4 Å². The lowest BCUT2D eigenvalue weighted by atomic mass is 9.33. The molecule has 3 heterocycles. The van der Waals surface area contributed by atoms with Crippen molar-refractivity contribution in [3.05, 3.63) is 40.7 Å². The van der Waals surface area contributed by atoms with Gasteiger partial charge < -0.3 is 15.7 Å². The summed E-state index contributed by atoms with van der Waals surface area (Å²) in [6.07, 6.45) is 10.6. The highest BCUT2D eigenvalue weighted by molar-refractivity contribution is 5.80. The molecule has 0 spiro atoms. The number of aliphatic carboxylic acids is 1. The number of nitrogens with two attached hydrogens (primary N) is 2. The van der Waals surface area contributed by atoms with Crippen LogP contribution in [0.25, 0.3) is 5.57 Å². The normalized spacial score (nSPS) is 39.7. The number of carboxylic acids is 1. The zero-order valence-corrected chi connectivity index (χ0v) is 31.0. The molecule has 6 aliphatic rings. The first-order valence-corrected chi connectivity index (χ1v) is 19.0. The van der Waals surface area contributed by atoms with Crippen LogP contribution in [0.4, 0.5) is 11.6 Å². The number of hydrogen-bond acceptors (Lipinski definition) is 7. The van der Waals surface area contributed by atoms with Gasteiger partial charge in [0, 0.05) is 43.4 Å². The van der Waals surface area contributed by atoms with Gasteiger partial charge in [0.2, 0.25) is 0 Å². The summed E-state index contributed by atoms with van der Waals surface area (Å²) in [5.74, 6) is 8.08. The van der Waals surface area contributed by atoms with Gasteiger partial charge in [0.1, 0.15) is 11.6 Å². The van der Waals surface area contributed by atoms with Gasteiger partial charge in [-0.2, -0.15) is 5.10 Å². The van der Waals surface area contributed by atoms with Gasteiger partial charge in [-0.05, 0) is 120 Å². The van der Waals surface area contributed by atoms with E-state index in [1.807, 2.05) is 5.01 Å². The van der Waals surface area contributed by atoms with Gasteiger partial charge in [-0.3, -0.25) is 15.7 Å². The number of hydrogen-bond donors (Lipinski definition) is 4. The zero-order chi connectivity index (χ0) is 34.9. The Kier molecular flexibility index (Phi) is 7.17. The average Bonchev–Trinajstić information content (AvgIpc) is 3.41. The highest BCUT2D eigenvalue weighted by atomic mass is 16.4. The molecule has 9 nitrogen and oxygen atoms in total. The third-order valence-electron chi connectivity index (χ3n) is 16.1. The fraction of sp³-hybridized carbons (Fsp3) is 0.725. The third kappa shape index (κ3) is 4.45. The topological polar surface area (TPSA) is 137 Å². The monoisotopic (exact) mass is 669 g/mol. The van der Waals surface area contributed by atoms with E-state index in [-0.39, 0.29) is 33.0 Å². The first-order valence-electron chi connectivity index (χ1n) is 19.0. The number of nitrogens with zero attached hydrogens (tertiary/aromatic N) is 4. The Morgan fingerprint density at radius 3 is 2.35 bits per heavy atom. The van der Waals surface area contributed by atoms with Crippen LogP contribution in [0.15, 0.2) is 23.9 Å². The summed E-state index contributed by atoms with van der Waals surface area (Å²) in [5, 5.41) is 20.9. The van der Waals surface area contributed by atoms with Crippen LogP contribution in [0, 0.1) is 44.8 Å². The van der Waals surface area contributed by atoms with Crippen LogP contribution in [-0.2, 0) is 16.6 Å². The van der Waals surface area contributed by atoms with Crippen molar-refractivity contribution >= 4 is 23.2 Å². The number of H-pyrrole nitrogens is 1. The molecule has 0 aromatic carbocycles. The minimum Gasteiger partial charge on any atom is -0.481 e. The molecule has 266 valence electrons. The minimum absolute atomic E-state index is 0.00369. The van der Waals surface area contributed by atoms with Crippen molar-refractivity contribution in [3.8, 4) is 0 Å². The molecule has 4 fully saturated rings. The van der Waals surface area contributed by atoms with Crippen molar-refractivity contribution in [2.45, 2.75) is 112 Å². The van der Waals surface area contributed by atoms with Gasteiger partial charge in [-0.25, -0.2) is 9.99 Å². The van der Waals surface area contributed by atoms with E-state index in [2.05, 4.69) is 76.8 Å². The summed E-state index contributed by atoms with van der Waals surface area (Å²) in [4.78, 5) is 21.0. The second-order valence-electron chi connectivity index (χ2n) is 19.2. The summed E-state index contributed by atoms with van der Waals surface area (Å²) in [5.41, 5.74) is 12.2. The Balaban J connectivity index is 1.32. The predicted octanol–water partition coefficient (Wildman–Crippen LogP) is 6.81. The number of piperazine rings is 1. The molecule has 0 radical (unpaired) electrons. The second-order valence-corrected chi connectivity index (χ2v) is 19.2. The van der Waals surface area contributed by atoms with Crippen molar-refractivity contribution < 1.29 is 9.90 Å². The molecule has 3 unspecified atom stereocenters. The van der Waals surface area contributed by atoms with E-state index >= 15 is 0 Å². The largest absolute Gasteiger partial charge is 0.481 e. The van der Waals surface area contributed by atoms with Crippen LogP contribution in [0.1, 0.15) is 117 Å². The molecule has 1 aliphatic heterocycles. The van der Waals surface area contributed by atoms with E-state index in [4.69, 9.17) is 21.7 Å². The number of carboxylic acid groups (broad SMARTS) is 1. The van der Waals surface area contributed by atoms with Gasteiger partial charge >= 0.3 is 5.97 Å². The van der Waals surface area contributed by atoms with Gasteiger partial charge in [0.25, 0.3) is 0 Å². The Hall–Kier alpha value is -2.91. The lowest BCUT2D eigenvalue weighted by Gasteiger charge is -2.71. The highest BCUT2D eigenvalue weighted by Crippen LogP contribution is 2.77. The number of aromatic amines is 1. The number of fused-ring (bicyclic) bond motifs is 8. The zero-order valence-electron chi connectivity index (χ0n) is 31.0. The molecular formula is C40H59N7O2. The molecule has 5 aliphatic carbocycles. The number of anilines is 2. The molecular weight excluding hydrogens is 610 g/mol. The first kappa shape index (κ1) is 33.2. The van der Waals surface area contributed by atoms with Crippen molar-refractivity contribution in [2.75, 3.05) is 36.8 Å². The maximum absolute atomic E-state index is 13.5. The Bertz CT molecular complexity index is 1700. The molecule has 8 rings (SSSR count). The summed E-state index contributed by atoms with van der Waals surface area (Å²) < 4.78 is 0.